The van der Waals surface area contributed by atoms with Crippen LogP contribution in [-0.2, 0) is 4.79 Å². The fraction of sp³-hybridized carbons (Fsp3) is 0.286. The number of carbonyl (C=O) groups excluding carboxylic acids is 1. The monoisotopic (exact) mass is 485 g/mol. The largest absolute Gasteiger partial charge is 0.356 e. The molecule has 4 aromatic rings. The van der Waals surface area contributed by atoms with Gasteiger partial charge < -0.3 is 14.7 Å². The minimum atomic E-state index is -0.287. The number of benzene rings is 2. The lowest BCUT2D eigenvalue weighted by molar-refractivity contribution is -0.126. The van der Waals surface area contributed by atoms with Crippen molar-refractivity contribution in [3.05, 3.63) is 83.8 Å². The van der Waals surface area contributed by atoms with Crippen LogP contribution in [0.25, 0.3) is 22.8 Å². The van der Waals surface area contributed by atoms with Gasteiger partial charge in [-0.25, -0.2) is 9.37 Å². The van der Waals surface area contributed by atoms with E-state index < -0.39 is 0 Å². The Kier molecular flexibility index (Phi) is 6.75. The highest BCUT2D eigenvalue weighted by atomic mass is 19.1. The second-order valence-electron chi connectivity index (χ2n) is 9.21. The number of amides is 1. The molecule has 1 aliphatic rings. The van der Waals surface area contributed by atoms with E-state index in [1.807, 2.05) is 50.2 Å². The summed E-state index contributed by atoms with van der Waals surface area (Å²) < 4.78 is 18.8. The van der Waals surface area contributed by atoms with Gasteiger partial charge in [-0.2, -0.15) is 4.98 Å². The maximum absolute atomic E-state index is 13.2. The third kappa shape index (κ3) is 5.12. The zero-order chi connectivity index (χ0) is 25.1. The number of hydrogen-bond acceptors (Lipinski definition) is 6. The first-order valence-corrected chi connectivity index (χ1v) is 12.1. The quantitative estimate of drug-likeness (QED) is 0.397. The first-order valence-electron chi connectivity index (χ1n) is 12.1. The molecule has 2 aromatic carbocycles. The molecule has 0 bridgehead atoms. The summed E-state index contributed by atoms with van der Waals surface area (Å²) in [5.74, 6) is 1.37. The zero-order valence-electron chi connectivity index (χ0n) is 20.3. The third-order valence-electron chi connectivity index (χ3n) is 6.65. The van der Waals surface area contributed by atoms with Crippen LogP contribution in [0.15, 0.2) is 71.4 Å². The van der Waals surface area contributed by atoms with Gasteiger partial charge in [0.1, 0.15) is 11.6 Å². The summed E-state index contributed by atoms with van der Waals surface area (Å²) in [5, 5.41) is 7.24. The molecule has 1 amide bonds. The van der Waals surface area contributed by atoms with Gasteiger partial charge in [0, 0.05) is 30.8 Å². The molecule has 8 heteroatoms. The summed E-state index contributed by atoms with van der Waals surface area (Å²) in [7, 11) is 0. The van der Waals surface area contributed by atoms with Crippen molar-refractivity contribution in [1.29, 1.82) is 0 Å². The number of halogens is 1. The Morgan fingerprint density at radius 3 is 2.53 bits per heavy atom. The van der Waals surface area contributed by atoms with E-state index in [9.17, 15) is 9.18 Å². The van der Waals surface area contributed by atoms with Gasteiger partial charge in [0.2, 0.25) is 11.7 Å². The smallest absolute Gasteiger partial charge is 0.261 e. The lowest BCUT2D eigenvalue weighted by atomic mass is 9.95. The van der Waals surface area contributed by atoms with E-state index in [-0.39, 0.29) is 23.7 Å². The second kappa shape index (κ2) is 10.3. The topological polar surface area (TPSA) is 84.2 Å². The number of aryl methyl sites for hydroxylation is 1. The van der Waals surface area contributed by atoms with E-state index >= 15 is 0 Å². The van der Waals surface area contributed by atoms with Crippen LogP contribution in [0.3, 0.4) is 0 Å². The van der Waals surface area contributed by atoms with Crippen LogP contribution in [0.5, 0.6) is 0 Å². The summed E-state index contributed by atoms with van der Waals surface area (Å²) in [6.07, 6.45) is 3.16. The maximum atomic E-state index is 13.2. The molecule has 0 saturated carbocycles. The molecule has 0 unspecified atom stereocenters. The molecular formula is C28H28FN5O2. The second-order valence-corrected chi connectivity index (χ2v) is 9.21. The Morgan fingerprint density at radius 2 is 1.81 bits per heavy atom. The standard InChI is InChI=1S/C28H28FN5O2/c1-18-5-7-21(8-6-18)25-32-28(36-33-25)24-4-3-15-30-26(24)34-16-13-22(14-17-34)27(35)31-19(2)20-9-11-23(29)12-10-20/h3-12,15,19,22H,13-14,16-17H2,1-2H3,(H,31,35)/t19-/m0/s1. The summed E-state index contributed by atoms with van der Waals surface area (Å²) in [6, 6.07) is 17.8. The minimum Gasteiger partial charge on any atom is -0.356 e. The van der Waals surface area contributed by atoms with Gasteiger partial charge in [0.25, 0.3) is 5.89 Å². The molecule has 0 radical (unpaired) electrons. The van der Waals surface area contributed by atoms with E-state index in [0.717, 1.165) is 22.5 Å². The highest BCUT2D eigenvalue weighted by Crippen LogP contribution is 2.32. The lowest BCUT2D eigenvalue weighted by Gasteiger charge is -2.33. The normalized spacial score (nSPS) is 15.0. The number of piperidine rings is 1. The first-order chi connectivity index (χ1) is 17.5. The highest BCUT2D eigenvalue weighted by Gasteiger charge is 2.28. The van der Waals surface area contributed by atoms with Gasteiger partial charge in [0.15, 0.2) is 0 Å². The summed E-state index contributed by atoms with van der Waals surface area (Å²) in [6.45, 7) is 5.32. The number of nitrogens with zero attached hydrogens (tertiary/aromatic N) is 4. The van der Waals surface area contributed by atoms with Crippen molar-refractivity contribution < 1.29 is 13.7 Å². The van der Waals surface area contributed by atoms with Gasteiger partial charge in [-0.05, 0) is 56.5 Å². The summed E-state index contributed by atoms with van der Waals surface area (Å²) in [4.78, 5) is 24.3. The average molecular weight is 486 g/mol. The van der Waals surface area contributed by atoms with Crippen molar-refractivity contribution in [2.45, 2.75) is 32.7 Å². The SMILES string of the molecule is Cc1ccc(-c2noc(-c3cccnc3N3CCC(C(=O)N[C@@H](C)c4ccc(F)cc4)CC3)n2)cc1. The van der Waals surface area contributed by atoms with Crippen molar-refractivity contribution >= 4 is 11.7 Å². The molecule has 1 aliphatic heterocycles. The van der Waals surface area contributed by atoms with Crippen molar-refractivity contribution in [2.75, 3.05) is 18.0 Å². The molecule has 7 nitrogen and oxygen atoms in total. The lowest BCUT2D eigenvalue weighted by Crippen LogP contribution is -2.41. The number of pyridine rings is 1. The van der Waals surface area contributed by atoms with E-state index in [2.05, 4.69) is 25.3 Å². The van der Waals surface area contributed by atoms with E-state index in [4.69, 9.17) is 4.52 Å². The van der Waals surface area contributed by atoms with Crippen LogP contribution in [0.4, 0.5) is 10.2 Å². The molecule has 184 valence electrons. The number of hydrogen-bond donors (Lipinski definition) is 1. The van der Waals surface area contributed by atoms with Gasteiger partial charge in [-0.1, -0.05) is 47.1 Å². The van der Waals surface area contributed by atoms with Crippen LogP contribution >= 0.6 is 0 Å². The van der Waals surface area contributed by atoms with Crippen molar-refractivity contribution in [1.82, 2.24) is 20.4 Å². The minimum absolute atomic E-state index is 0.0207. The predicted molar refractivity (Wildman–Crippen MR) is 136 cm³/mol. The number of rotatable bonds is 6. The van der Waals surface area contributed by atoms with Gasteiger partial charge in [0.05, 0.1) is 11.6 Å². The Hall–Kier alpha value is -4.07. The predicted octanol–water partition coefficient (Wildman–Crippen LogP) is 5.34. The fourth-order valence-electron chi connectivity index (χ4n) is 4.49. The molecule has 1 N–H and O–H groups in total. The van der Waals surface area contributed by atoms with Crippen LogP contribution in [0.2, 0.25) is 0 Å². The molecule has 3 heterocycles. The third-order valence-corrected chi connectivity index (χ3v) is 6.65. The van der Waals surface area contributed by atoms with E-state index in [1.54, 1.807) is 18.3 Å². The molecule has 0 spiro atoms. The molecule has 0 aliphatic carbocycles. The Bertz CT molecular complexity index is 1330. The fourth-order valence-corrected chi connectivity index (χ4v) is 4.49. The Labute approximate surface area is 209 Å². The van der Waals surface area contributed by atoms with Crippen molar-refractivity contribution in [3.63, 3.8) is 0 Å². The molecule has 2 aromatic heterocycles. The Morgan fingerprint density at radius 1 is 1.08 bits per heavy atom. The molecule has 5 rings (SSSR count). The molecule has 36 heavy (non-hydrogen) atoms. The van der Waals surface area contributed by atoms with Gasteiger partial charge in [-0.3, -0.25) is 4.79 Å². The molecular weight excluding hydrogens is 457 g/mol. The van der Waals surface area contributed by atoms with Crippen molar-refractivity contribution in [2.24, 2.45) is 5.92 Å². The van der Waals surface area contributed by atoms with E-state index in [0.29, 0.717) is 37.6 Å². The maximum Gasteiger partial charge on any atom is 0.261 e. The molecule has 1 saturated heterocycles. The highest BCUT2D eigenvalue weighted by molar-refractivity contribution is 5.79. The number of nitrogens with one attached hydrogen (secondary N) is 1. The van der Waals surface area contributed by atoms with Crippen LogP contribution in [0.1, 0.15) is 36.9 Å². The average Bonchev–Trinajstić information content (AvgIpc) is 3.40. The van der Waals surface area contributed by atoms with Gasteiger partial charge in [-0.15, -0.1) is 0 Å². The van der Waals surface area contributed by atoms with E-state index in [1.165, 1.54) is 17.7 Å². The van der Waals surface area contributed by atoms with Crippen molar-refractivity contribution in [3.8, 4) is 22.8 Å². The van der Waals surface area contributed by atoms with Crippen LogP contribution in [-0.4, -0.2) is 34.1 Å². The van der Waals surface area contributed by atoms with Crippen LogP contribution < -0.4 is 10.2 Å². The number of anilines is 1. The molecule has 1 atom stereocenters. The summed E-state index contributed by atoms with van der Waals surface area (Å²) in [5.41, 5.74) is 3.71. The first kappa shape index (κ1) is 23.7. The number of aromatic nitrogens is 3. The zero-order valence-corrected chi connectivity index (χ0v) is 20.3. The van der Waals surface area contributed by atoms with Crippen LogP contribution in [0, 0.1) is 18.7 Å². The summed E-state index contributed by atoms with van der Waals surface area (Å²) >= 11 is 0. The molecule has 1 fully saturated rings. The number of carbonyl (C=O) groups is 1. The Balaban J connectivity index is 1.25. The van der Waals surface area contributed by atoms with Gasteiger partial charge >= 0.3 is 0 Å².